The number of rotatable bonds is 7. The SMILES string of the molecule is [CH2]CCOCC=NOCCC. The van der Waals surface area contributed by atoms with Crippen molar-refractivity contribution in [2.24, 2.45) is 5.16 Å². The van der Waals surface area contributed by atoms with Crippen molar-refractivity contribution >= 4 is 6.21 Å². The highest BCUT2D eigenvalue weighted by Crippen LogP contribution is 1.80. The van der Waals surface area contributed by atoms with Crippen molar-refractivity contribution in [2.45, 2.75) is 19.8 Å². The summed E-state index contributed by atoms with van der Waals surface area (Å²) in [4.78, 5) is 4.84. The highest BCUT2D eigenvalue weighted by atomic mass is 16.6. The average molecular weight is 158 g/mol. The van der Waals surface area contributed by atoms with E-state index >= 15 is 0 Å². The first-order valence-electron chi connectivity index (χ1n) is 3.92. The summed E-state index contributed by atoms with van der Waals surface area (Å²) in [5.41, 5.74) is 0. The Labute approximate surface area is 68.4 Å². The third kappa shape index (κ3) is 9.43. The van der Waals surface area contributed by atoms with Crippen LogP contribution in [0.5, 0.6) is 0 Å². The fraction of sp³-hybridized carbons (Fsp3) is 0.750. The fourth-order valence-corrected chi connectivity index (χ4v) is 0.465. The molecule has 0 atom stereocenters. The molecule has 0 aliphatic heterocycles. The number of ether oxygens (including phenoxy) is 1. The Morgan fingerprint density at radius 2 is 2.27 bits per heavy atom. The van der Waals surface area contributed by atoms with Gasteiger partial charge in [-0.15, -0.1) is 0 Å². The van der Waals surface area contributed by atoms with Crippen LogP contribution < -0.4 is 0 Å². The second-order valence-corrected chi connectivity index (χ2v) is 2.05. The van der Waals surface area contributed by atoms with Crippen LogP contribution in [0.4, 0.5) is 0 Å². The zero-order valence-corrected chi connectivity index (χ0v) is 7.08. The van der Waals surface area contributed by atoms with Gasteiger partial charge < -0.3 is 9.57 Å². The van der Waals surface area contributed by atoms with Crippen LogP contribution in [0.3, 0.4) is 0 Å². The van der Waals surface area contributed by atoms with Gasteiger partial charge in [-0.05, 0) is 12.8 Å². The molecule has 0 aromatic heterocycles. The van der Waals surface area contributed by atoms with E-state index in [1.54, 1.807) is 6.21 Å². The minimum absolute atomic E-state index is 0.513. The van der Waals surface area contributed by atoms with Gasteiger partial charge in [-0.2, -0.15) is 0 Å². The van der Waals surface area contributed by atoms with E-state index in [4.69, 9.17) is 9.57 Å². The number of hydrogen-bond donors (Lipinski definition) is 0. The molecule has 0 aromatic carbocycles. The summed E-state index contributed by atoms with van der Waals surface area (Å²) in [6, 6.07) is 0. The zero-order valence-electron chi connectivity index (χ0n) is 7.08. The minimum atomic E-state index is 0.513. The van der Waals surface area contributed by atoms with E-state index in [0.29, 0.717) is 19.8 Å². The van der Waals surface area contributed by atoms with Crippen molar-refractivity contribution < 1.29 is 9.57 Å². The van der Waals surface area contributed by atoms with Crippen LogP contribution in [-0.4, -0.2) is 26.0 Å². The van der Waals surface area contributed by atoms with E-state index in [9.17, 15) is 0 Å². The molecule has 0 heterocycles. The maximum absolute atomic E-state index is 5.07. The lowest BCUT2D eigenvalue weighted by Crippen LogP contribution is -1.97. The third-order valence-corrected chi connectivity index (χ3v) is 0.926. The Hall–Kier alpha value is -0.570. The van der Waals surface area contributed by atoms with Gasteiger partial charge in [0.2, 0.25) is 0 Å². The first-order valence-corrected chi connectivity index (χ1v) is 3.92. The number of hydrogen-bond acceptors (Lipinski definition) is 3. The van der Waals surface area contributed by atoms with E-state index in [2.05, 4.69) is 12.1 Å². The maximum Gasteiger partial charge on any atom is 0.116 e. The topological polar surface area (TPSA) is 30.8 Å². The molecule has 0 aliphatic carbocycles. The quantitative estimate of drug-likeness (QED) is 0.320. The van der Waals surface area contributed by atoms with Crippen LogP contribution in [0.15, 0.2) is 5.16 Å². The van der Waals surface area contributed by atoms with Crippen LogP contribution in [0.2, 0.25) is 0 Å². The first kappa shape index (κ1) is 10.4. The van der Waals surface area contributed by atoms with Crippen LogP contribution in [0.25, 0.3) is 0 Å². The second-order valence-electron chi connectivity index (χ2n) is 2.05. The van der Waals surface area contributed by atoms with Crippen molar-refractivity contribution in [3.05, 3.63) is 6.92 Å². The summed E-state index contributed by atoms with van der Waals surface area (Å²) >= 11 is 0. The van der Waals surface area contributed by atoms with E-state index in [1.165, 1.54) is 0 Å². The summed E-state index contributed by atoms with van der Waals surface area (Å²) in [5, 5.41) is 3.66. The van der Waals surface area contributed by atoms with E-state index < -0.39 is 0 Å². The predicted octanol–water partition coefficient (Wildman–Crippen LogP) is 1.64. The van der Waals surface area contributed by atoms with E-state index in [-0.39, 0.29) is 0 Å². The van der Waals surface area contributed by atoms with E-state index in [0.717, 1.165) is 12.8 Å². The lowest BCUT2D eigenvalue weighted by atomic mass is 10.5. The fourth-order valence-electron chi connectivity index (χ4n) is 0.465. The standard InChI is InChI=1S/C8H16NO2/c1-3-6-10-8-5-9-11-7-4-2/h5H,1,3-4,6-8H2,2H3. The Morgan fingerprint density at radius 3 is 2.91 bits per heavy atom. The molecule has 0 N–H and O–H groups in total. The lowest BCUT2D eigenvalue weighted by Gasteiger charge is -1.95. The maximum atomic E-state index is 5.07. The normalized spacial score (nSPS) is 10.7. The molecule has 0 saturated heterocycles. The molecule has 0 rings (SSSR count). The molecule has 0 fully saturated rings. The highest BCUT2D eigenvalue weighted by molar-refractivity contribution is 5.57. The number of oxime groups is 1. The van der Waals surface area contributed by atoms with Gasteiger partial charge in [0.1, 0.15) is 6.61 Å². The molecule has 65 valence electrons. The molecule has 3 nitrogen and oxygen atoms in total. The molecular formula is C8H16NO2. The molecule has 11 heavy (non-hydrogen) atoms. The zero-order chi connectivity index (χ0) is 8.36. The van der Waals surface area contributed by atoms with Crippen molar-refractivity contribution in [1.82, 2.24) is 0 Å². The largest absolute Gasteiger partial charge is 0.396 e. The van der Waals surface area contributed by atoms with Gasteiger partial charge >= 0.3 is 0 Å². The summed E-state index contributed by atoms with van der Waals surface area (Å²) in [7, 11) is 0. The minimum Gasteiger partial charge on any atom is -0.396 e. The molecule has 0 unspecified atom stereocenters. The van der Waals surface area contributed by atoms with Gasteiger partial charge in [0.25, 0.3) is 0 Å². The van der Waals surface area contributed by atoms with Gasteiger partial charge in [-0.25, -0.2) is 0 Å². The third-order valence-electron chi connectivity index (χ3n) is 0.926. The first-order chi connectivity index (χ1) is 5.41. The average Bonchev–Trinajstić information content (AvgIpc) is 2.03. The van der Waals surface area contributed by atoms with Crippen LogP contribution >= 0.6 is 0 Å². The summed E-state index contributed by atoms with van der Waals surface area (Å²) in [5.74, 6) is 0. The number of nitrogens with zero attached hydrogens (tertiary/aromatic N) is 1. The van der Waals surface area contributed by atoms with Gasteiger partial charge in [0.05, 0.1) is 12.8 Å². The van der Waals surface area contributed by atoms with Gasteiger partial charge in [-0.3, -0.25) is 0 Å². The molecule has 0 aromatic rings. The van der Waals surface area contributed by atoms with Crippen molar-refractivity contribution in [1.29, 1.82) is 0 Å². The summed E-state index contributed by atoms with van der Waals surface area (Å²) in [6.07, 6.45) is 3.39. The smallest absolute Gasteiger partial charge is 0.116 e. The molecule has 0 saturated carbocycles. The van der Waals surface area contributed by atoms with Crippen LogP contribution in [0, 0.1) is 6.92 Å². The molecule has 0 bridgehead atoms. The second kappa shape index (κ2) is 9.43. The lowest BCUT2D eigenvalue weighted by molar-refractivity contribution is 0.138. The predicted molar refractivity (Wildman–Crippen MR) is 45.5 cm³/mol. The molecule has 1 radical (unpaired) electrons. The van der Waals surface area contributed by atoms with Crippen LogP contribution in [-0.2, 0) is 9.57 Å². The molecule has 3 heteroatoms. The van der Waals surface area contributed by atoms with Gasteiger partial charge in [0, 0.05) is 6.61 Å². The Balaban J connectivity index is 2.91. The monoisotopic (exact) mass is 158 g/mol. The molecule has 0 spiro atoms. The van der Waals surface area contributed by atoms with Crippen molar-refractivity contribution in [2.75, 3.05) is 19.8 Å². The van der Waals surface area contributed by atoms with E-state index in [1.807, 2.05) is 6.92 Å². The molecule has 0 amide bonds. The van der Waals surface area contributed by atoms with Crippen LogP contribution in [0.1, 0.15) is 19.8 Å². The Bertz CT molecular complexity index is 94.1. The summed E-state index contributed by atoms with van der Waals surface area (Å²) in [6.45, 7) is 7.53. The Kier molecular flexibility index (Phi) is 8.94. The van der Waals surface area contributed by atoms with Gasteiger partial charge in [0.15, 0.2) is 0 Å². The van der Waals surface area contributed by atoms with Crippen molar-refractivity contribution in [3.8, 4) is 0 Å². The summed E-state index contributed by atoms with van der Waals surface area (Å²) < 4.78 is 5.07. The van der Waals surface area contributed by atoms with Crippen molar-refractivity contribution in [3.63, 3.8) is 0 Å². The Morgan fingerprint density at radius 1 is 1.45 bits per heavy atom. The molecular weight excluding hydrogens is 142 g/mol. The highest BCUT2D eigenvalue weighted by Gasteiger charge is 1.80. The van der Waals surface area contributed by atoms with Gasteiger partial charge in [-0.1, -0.05) is 19.0 Å². The molecule has 0 aliphatic rings.